The lowest BCUT2D eigenvalue weighted by Crippen LogP contribution is -2.38. The molecule has 1 aliphatic heterocycles. The molecule has 0 radical (unpaired) electrons. The van der Waals surface area contributed by atoms with E-state index in [1.54, 1.807) is 0 Å². The van der Waals surface area contributed by atoms with E-state index < -0.39 is 0 Å². The lowest BCUT2D eigenvalue weighted by molar-refractivity contribution is -0.120. The van der Waals surface area contributed by atoms with Crippen LogP contribution < -0.4 is 5.32 Å². The minimum Gasteiger partial charge on any atom is -0.381 e. The predicted octanol–water partition coefficient (Wildman–Crippen LogP) is 0.651. The van der Waals surface area contributed by atoms with Gasteiger partial charge in [-0.1, -0.05) is 7.43 Å². The van der Waals surface area contributed by atoms with Crippen molar-refractivity contribution in [1.82, 2.24) is 5.32 Å². The fourth-order valence-corrected chi connectivity index (χ4v) is 0.690. The molecule has 0 aliphatic carbocycles. The van der Waals surface area contributed by atoms with Crippen LogP contribution in [0.15, 0.2) is 0 Å². The second-order valence-corrected chi connectivity index (χ2v) is 2.34. The summed E-state index contributed by atoms with van der Waals surface area (Å²) in [5.41, 5.74) is 0. The molecule has 0 bridgehead atoms. The van der Waals surface area contributed by atoms with Crippen molar-refractivity contribution in [1.29, 1.82) is 0 Å². The summed E-state index contributed by atoms with van der Waals surface area (Å²) in [5, 5.41) is 2.73. The summed E-state index contributed by atoms with van der Waals surface area (Å²) in [6, 6.07) is 0. The monoisotopic (exact) mass is 147 g/mol. The van der Waals surface area contributed by atoms with E-state index in [0.29, 0.717) is 5.92 Å². The summed E-state index contributed by atoms with van der Waals surface area (Å²) in [5.74, 6) is 0.607. The van der Waals surface area contributed by atoms with Crippen LogP contribution in [0.4, 0.5) is 0 Å². The number of carbonyl (C=O) groups excluding carboxylic acids is 1. The van der Waals surface area contributed by atoms with Gasteiger partial charge in [0, 0.05) is 20.8 Å². The average Bonchev–Trinajstić information content (AvgIpc) is 1.60. The van der Waals surface area contributed by atoms with Gasteiger partial charge in [0.1, 0.15) is 0 Å². The molecule has 0 saturated carbocycles. The molecule has 3 nitrogen and oxygen atoms in total. The maximum Gasteiger partial charge on any atom is 0.216 e. The third-order valence-electron chi connectivity index (χ3n) is 1.35. The van der Waals surface area contributed by atoms with E-state index in [0.717, 1.165) is 19.8 Å². The third kappa shape index (κ3) is 2.82. The minimum atomic E-state index is 0. The Kier molecular flexibility index (Phi) is 4.03. The van der Waals surface area contributed by atoms with Crippen LogP contribution in [0.25, 0.3) is 0 Å². The first kappa shape index (κ1) is 9.43. The highest BCUT2D eigenvalue weighted by Gasteiger charge is 2.17. The van der Waals surface area contributed by atoms with Crippen molar-refractivity contribution < 1.29 is 11.0 Å². The highest BCUT2D eigenvalue weighted by Crippen LogP contribution is 2.07. The third-order valence-corrected chi connectivity index (χ3v) is 1.35. The summed E-state index contributed by atoms with van der Waals surface area (Å²) in [6.45, 7) is 3.91. The second-order valence-electron chi connectivity index (χ2n) is 2.34. The van der Waals surface area contributed by atoms with Crippen molar-refractivity contribution in [3.63, 3.8) is 0 Å². The number of amides is 1. The molecule has 0 spiro atoms. The molecule has 62 valence electrons. The summed E-state index contributed by atoms with van der Waals surface area (Å²) >= 11 is 0. The Bertz CT molecular complexity index is 115. The summed E-state index contributed by atoms with van der Waals surface area (Å²) in [7, 11) is 0. The minimum absolute atomic E-state index is 0. The molecule has 10 heavy (non-hydrogen) atoms. The van der Waals surface area contributed by atoms with Gasteiger partial charge in [-0.2, -0.15) is 0 Å². The van der Waals surface area contributed by atoms with E-state index in [-0.39, 0.29) is 14.8 Å². The van der Waals surface area contributed by atoms with Crippen LogP contribution in [-0.4, -0.2) is 25.7 Å². The van der Waals surface area contributed by atoms with Crippen molar-refractivity contribution in [3.05, 3.63) is 0 Å². The van der Waals surface area contributed by atoms with E-state index in [1.807, 2.05) is 0 Å². The Labute approximate surface area is 63.2 Å². The second kappa shape index (κ2) is 4.28. The first-order chi connectivity index (χ1) is 4.29. The standard InChI is InChI=1S/C6H11NO2.CH4.H2/c1-5(8)7-2-6-3-9-4-6;;/h6H,2-4H2,1H3,(H,7,8);1H4;1H. The number of hydrogen-bond acceptors (Lipinski definition) is 2. The van der Waals surface area contributed by atoms with Gasteiger partial charge in [-0.05, 0) is 0 Å². The van der Waals surface area contributed by atoms with Crippen molar-refractivity contribution in [2.24, 2.45) is 5.92 Å². The molecule has 1 heterocycles. The van der Waals surface area contributed by atoms with Crippen LogP contribution in [-0.2, 0) is 9.53 Å². The SMILES string of the molecule is C.CC(=O)NCC1COC1.[HH]. The molecule has 0 atom stereocenters. The quantitative estimate of drug-likeness (QED) is 0.623. The lowest BCUT2D eigenvalue weighted by atomic mass is 10.1. The zero-order valence-corrected chi connectivity index (χ0v) is 5.52. The predicted molar refractivity (Wildman–Crippen MR) is 41.8 cm³/mol. The van der Waals surface area contributed by atoms with E-state index >= 15 is 0 Å². The number of nitrogens with one attached hydrogen (secondary N) is 1. The normalized spacial score (nSPS) is 16.9. The Morgan fingerprint density at radius 3 is 2.70 bits per heavy atom. The van der Waals surface area contributed by atoms with Crippen LogP contribution in [0, 0.1) is 5.92 Å². The summed E-state index contributed by atoms with van der Waals surface area (Å²) < 4.78 is 4.92. The molecule has 3 heteroatoms. The van der Waals surface area contributed by atoms with Crippen LogP contribution in [0.3, 0.4) is 0 Å². The largest absolute Gasteiger partial charge is 0.381 e. The average molecular weight is 147 g/mol. The Morgan fingerprint density at radius 2 is 2.40 bits per heavy atom. The lowest BCUT2D eigenvalue weighted by Gasteiger charge is -2.25. The topological polar surface area (TPSA) is 38.3 Å². The maximum absolute atomic E-state index is 10.3. The molecule has 1 fully saturated rings. The zero-order chi connectivity index (χ0) is 6.69. The van der Waals surface area contributed by atoms with Crippen molar-refractivity contribution >= 4 is 5.91 Å². The fourth-order valence-electron chi connectivity index (χ4n) is 0.690. The summed E-state index contributed by atoms with van der Waals surface area (Å²) in [6.07, 6.45) is 0. The zero-order valence-electron chi connectivity index (χ0n) is 5.52. The van der Waals surface area contributed by atoms with Crippen LogP contribution in [0.1, 0.15) is 15.8 Å². The van der Waals surface area contributed by atoms with Gasteiger partial charge in [0.05, 0.1) is 13.2 Å². The maximum atomic E-state index is 10.3. The molecular weight excluding hydrogens is 130 g/mol. The number of carbonyl (C=O) groups is 1. The molecule has 1 amide bonds. The van der Waals surface area contributed by atoms with Gasteiger partial charge in [0.25, 0.3) is 0 Å². The van der Waals surface area contributed by atoms with Crippen LogP contribution in [0.2, 0.25) is 0 Å². The summed E-state index contributed by atoms with van der Waals surface area (Å²) in [4.78, 5) is 10.3. The first-order valence-electron chi connectivity index (χ1n) is 3.11. The number of hydrogen-bond donors (Lipinski definition) is 1. The number of ether oxygens (including phenoxy) is 1. The molecule has 0 aromatic carbocycles. The van der Waals surface area contributed by atoms with Gasteiger partial charge in [0.15, 0.2) is 0 Å². The number of rotatable bonds is 2. The molecule has 0 unspecified atom stereocenters. The van der Waals surface area contributed by atoms with Gasteiger partial charge < -0.3 is 10.1 Å². The molecular formula is C7H17NO2. The van der Waals surface area contributed by atoms with E-state index in [9.17, 15) is 4.79 Å². The van der Waals surface area contributed by atoms with E-state index in [1.165, 1.54) is 6.92 Å². The van der Waals surface area contributed by atoms with Crippen LogP contribution >= 0.6 is 0 Å². The van der Waals surface area contributed by atoms with Gasteiger partial charge in [0.2, 0.25) is 5.91 Å². The molecule has 1 saturated heterocycles. The molecule has 1 aliphatic rings. The van der Waals surface area contributed by atoms with Crippen molar-refractivity contribution in [2.75, 3.05) is 19.8 Å². The highest BCUT2D eigenvalue weighted by atomic mass is 16.5. The smallest absolute Gasteiger partial charge is 0.216 e. The Morgan fingerprint density at radius 1 is 1.80 bits per heavy atom. The van der Waals surface area contributed by atoms with Crippen LogP contribution in [0.5, 0.6) is 0 Å². The Hall–Kier alpha value is -0.570. The molecule has 1 N–H and O–H groups in total. The van der Waals surface area contributed by atoms with E-state index in [2.05, 4.69) is 5.32 Å². The van der Waals surface area contributed by atoms with Crippen molar-refractivity contribution in [3.8, 4) is 0 Å². The van der Waals surface area contributed by atoms with Crippen molar-refractivity contribution in [2.45, 2.75) is 14.4 Å². The molecule has 0 aromatic rings. The van der Waals surface area contributed by atoms with Gasteiger partial charge in [-0.25, -0.2) is 0 Å². The Balaban J connectivity index is 0. The highest BCUT2D eigenvalue weighted by molar-refractivity contribution is 5.72. The van der Waals surface area contributed by atoms with Gasteiger partial charge in [-0.15, -0.1) is 0 Å². The molecule has 0 aromatic heterocycles. The van der Waals surface area contributed by atoms with Gasteiger partial charge in [-0.3, -0.25) is 4.79 Å². The molecule has 1 rings (SSSR count). The van der Waals surface area contributed by atoms with E-state index in [4.69, 9.17) is 4.74 Å². The first-order valence-corrected chi connectivity index (χ1v) is 3.11. The van der Waals surface area contributed by atoms with Gasteiger partial charge >= 0.3 is 0 Å². The fraction of sp³-hybridized carbons (Fsp3) is 0.857.